The molecule has 220 valence electrons. The third-order valence-corrected chi connectivity index (χ3v) is 7.62. The highest BCUT2D eigenvalue weighted by atomic mass is 79.9. The van der Waals surface area contributed by atoms with Crippen molar-refractivity contribution in [3.63, 3.8) is 0 Å². The van der Waals surface area contributed by atoms with Crippen molar-refractivity contribution in [2.75, 3.05) is 13.7 Å². The van der Waals surface area contributed by atoms with Crippen LogP contribution in [-0.2, 0) is 6.61 Å². The first-order chi connectivity index (χ1) is 20.8. The molecule has 0 aliphatic carbocycles. The van der Waals surface area contributed by atoms with Crippen LogP contribution in [0.2, 0.25) is 0 Å². The number of halogens is 1. The fourth-order valence-corrected chi connectivity index (χ4v) is 5.09. The SMILES string of the molecule is CCOc1cc(C)c(-c2nc3ccccc3c(=O)n2N=Cc2ccc(OCc3ccc(Br)cc3)c(OC)c2)cc1C(C)C. The van der Waals surface area contributed by atoms with E-state index in [1.54, 1.807) is 19.4 Å². The zero-order chi connectivity index (χ0) is 30.5. The molecule has 43 heavy (non-hydrogen) atoms. The first kappa shape index (κ1) is 30.0. The molecule has 8 heteroatoms. The molecule has 0 aliphatic rings. The summed E-state index contributed by atoms with van der Waals surface area (Å²) < 4.78 is 20.0. The van der Waals surface area contributed by atoms with Gasteiger partial charge in [0.05, 0.1) is 30.8 Å². The summed E-state index contributed by atoms with van der Waals surface area (Å²) >= 11 is 3.45. The van der Waals surface area contributed by atoms with Crippen molar-refractivity contribution in [3.8, 4) is 28.6 Å². The minimum absolute atomic E-state index is 0.210. The van der Waals surface area contributed by atoms with E-state index in [1.807, 2.05) is 80.6 Å². The number of nitrogens with zero attached hydrogens (tertiary/aromatic N) is 3. The first-order valence-electron chi connectivity index (χ1n) is 14.2. The number of ether oxygens (including phenoxy) is 3. The van der Waals surface area contributed by atoms with Crippen molar-refractivity contribution in [3.05, 3.63) is 116 Å². The van der Waals surface area contributed by atoms with Gasteiger partial charge in [0.2, 0.25) is 0 Å². The van der Waals surface area contributed by atoms with Gasteiger partial charge < -0.3 is 14.2 Å². The molecular formula is C35H34BrN3O4. The molecule has 0 fully saturated rings. The van der Waals surface area contributed by atoms with Gasteiger partial charge in [-0.2, -0.15) is 9.78 Å². The monoisotopic (exact) mass is 639 g/mol. The number of fused-ring (bicyclic) bond motifs is 1. The van der Waals surface area contributed by atoms with E-state index in [-0.39, 0.29) is 11.5 Å². The molecule has 0 spiro atoms. The molecule has 0 atom stereocenters. The molecule has 0 saturated heterocycles. The third-order valence-electron chi connectivity index (χ3n) is 7.09. The van der Waals surface area contributed by atoms with Crippen LogP contribution in [-0.4, -0.2) is 29.6 Å². The Morgan fingerprint density at radius 1 is 0.953 bits per heavy atom. The standard InChI is InChI=1S/C35H34BrN3O4/c1-6-42-32-17-23(4)29(19-28(32)22(2)3)34-38-30-10-8-7-9-27(30)35(40)39(34)37-20-25-13-16-31(33(18-25)41-5)43-21-24-11-14-26(36)15-12-24/h7-20,22H,6,21H2,1-5H3. The van der Waals surface area contributed by atoms with Gasteiger partial charge in [-0.15, -0.1) is 0 Å². The Kier molecular flexibility index (Phi) is 9.26. The zero-order valence-corrected chi connectivity index (χ0v) is 26.5. The van der Waals surface area contributed by atoms with E-state index in [0.29, 0.717) is 41.4 Å². The molecule has 5 aromatic rings. The summed E-state index contributed by atoms with van der Waals surface area (Å²) in [5, 5.41) is 5.16. The Balaban J connectivity index is 1.55. The average Bonchev–Trinajstić information content (AvgIpc) is 3.00. The number of rotatable bonds is 10. The van der Waals surface area contributed by atoms with Gasteiger partial charge in [-0.25, -0.2) is 4.98 Å². The fourth-order valence-electron chi connectivity index (χ4n) is 4.83. The van der Waals surface area contributed by atoms with Crippen LogP contribution in [0.25, 0.3) is 22.3 Å². The third kappa shape index (κ3) is 6.65. The predicted molar refractivity (Wildman–Crippen MR) is 176 cm³/mol. The number of hydrogen-bond acceptors (Lipinski definition) is 6. The quantitative estimate of drug-likeness (QED) is 0.144. The summed E-state index contributed by atoms with van der Waals surface area (Å²) in [6.07, 6.45) is 1.63. The van der Waals surface area contributed by atoms with E-state index < -0.39 is 0 Å². The molecule has 0 amide bonds. The first-order valence-corrected chi connectivity index (χ1v) is 15.0. The topological polar surface area (TPSA) is 74.9 Å². The van der Waals surface area contributed by atoms with Crippen LogP contribution in [0.15, 0.2) is 93.2 Å². The number of methoxy groups -OCH3 is 1. The van der Waals surface area contributed by atoms with E-state index in [0.717, 1.165) is 38.0 Å². The number of aryl methyl sites for hydroxylation is 1. The van der Waals surface area contributed by atoms with E-state index in [1.165, 1.54) is 4.68 Å². The zero-order valence-electron chi connectivity index (χ0n) is 24.9. The highest BCUT2D eigenvalue weighted by Crippen LogP contribution is 2.34. The van der Waals surface area contributed by atoms with E-state index >= 15 is 0 Å². The fraction of sp³-hybridized carbons (Fsp3) is 0.229. The van der Waals surface area contributed by atoms with Crippen molar-refractivity contribution in [1.29, 1.82) is 0 Å². The highest BCUT2D eigenvalue weighted by molar-refractivity contribution is 9.10. The van der Waals surface area contributed by atoms with Crippen LogP contribution in [0.4, 0.5) is 0 Å². The molecular weight excluding hydrogens is 606 g/mol. The van der Waals surface area contributed by atoms with Crippen molar-refractivity contribution < 1.29 is 14.2 Å². The minimum Gasteiger partial charge on any atom is -0.494 e. The number of hydrogen-bond donors (Lipinski definition) is 0. The van der Waals surface area contributed by atoms with Gasteiger partial charge in [-0.05, 0) is 96.6 Å². The lowest BCUT2D eigenvalue weighted by atomic mass is 9.96. The second-order valence-electron chi connectivity index (χ2n) is 10.4. The molecule has 5 rings (SSSR count). The van der Waals surface area contributed by atoms with Gasteiger partial charge in [0.25, 0.3) is 5.56 Å². The molecule has 0 aliphatic heterocycles. The molecule has 0 radical (unpaired) electrons. The van der Waals surface area contributed by atoms with Gasteiger partial charge in [-0.3, -0.25) is 4.79 Å². The smallest absolute Gasteiger partial charge is 0.282 e. The summed E-state index contributed by atoms with van der Waals surface area (Å²) in [5.74, 6) is 2.69. The maximum absolute atomic E-state index is 13.8. The maximum atomic E-state index is 13.8. The Hall–Kier alpha value is -4.43. The molecule has 1 heterocycles. The largest absolute Gasteiger partial charge is 0.494 e. The number of benzene rings is 4. The van der Waals surface area contributed by atoms with Crippen molar-refractivity contribution in [2.24, 2.45) is 5.10 Å². The molecule has 1 aromatic heterocycles. The maximum Gasteiger partial charge on any atom is 0.282 e. The lowest BCUT2D eigenvalue weighted by molar-refractivity contribution is 0.284. The Bertz CT molecular complexity index is 1850. The molecule has 0 saturated carbocycles. The van der Waals surface area contributed by atoms with Crippen LogP contribution >= 0.6 is 15.9 Å². The lowest BCUT2D eigenvalue weighted by Crippen LogP contribution is -2.21. The van der Waals surface area contributed by atoms with E-state index in [2.05, 4.69) is 40.9 Å². The van der Waals surface area contributed by atoms with Crippen molar-refractivity contribution in [1.82, 2.24) is 9.66 Å². The predicted octanol–water partition coefficient (Wildman–Crippen LogP) is 8.13. The highest BCUT2D eigenvalue weighted by Gasteiger charge is 2.18. The van der Waals surface area contributed by atoms with Crippen molar-refractivity contribution in [2.45, 2.75) is 40.2 Å². The molecule has 7 nitrogen and oxygen atoms in total. The number of aromatic nitrogens is 2. The van der Waals surface area contributed by atoms with Crippen LogP contribution in [0, 0.1) is 6.92 Å². The summed E-state index contributed by atoms with van der Waals surface area (Å²) in [6.45, 7) is 9.18. The summed E-state index contributed by atoms with van der Waals surface area (Å²) in [7, 11) is 1.60. The van der Waals surface area contributed by atoms with Crippen LogP contribution in [0.3, 0.4) is 0 Å². The second kappa shape index (κ2) is 13.3. The summed E-state index contributed by atoms with van der Waals surface area (Å²) in [5.41, 5.74) is 4.94. The minimum atomic E-state index is -0.252. The molecule has 4 aromatic carbocycles. The van der Waals surface area contributed by atoms with Gasteiger partial charge in [0.1, 0.15) is 12.4 Å². The van der Waals surface area contributed by atoms with Crippen molar-refractivity contribution >= 4 is 33.0 Å². The Labute approximate surface area is 259 Å². The second-order valence-corrected chi connectivity index (χ2v) is 11.3. The molecule has 0 unspecified atom stereocenters. The van der Waals surface area contributed by atoms with Gasteiger partial charge in [0, 0.05) is 10.0 Å². The lowest BCUT2D eigenvalue weighted by Gasteiger charge is -2.18. The summed E-state index contributed by atoms with van der Waals surface area (Å²) in [4.78, 5) is 18.7. The Morgan fingerprint density at radius 3 is 2.44 bits per heavy atom. The van der Waals surface area contributed by atoms with Crippen LogP contribution in [0.1, 0.15) is 48.9 Å². The van der Waals surface area contributed by atoms with Gasteiger partial charge >= 0.3 is 0 Å². The van der Waals surface area contributed by atoms with E-state index in [9.17, 15) is 4.79 Å². The molecule has 0 N–H and O–H groups in total. The van der Waals surface area contributed by atoms with Crippen LogP contribution in [0.5, 0.6) is 17.2 Å². The van der Waals surface area contributed by atoms with Crippen LogP contribution < -0.4 is 19.8 Å². The van der Waals surface area contributed by atoms with E-state index in [4.69, 9.17) is 19.2 Å². The normalized spacial score (nSPS) is 11.4. The van der Waals surface area contributed by atoms with Gasteiger partial charge in [-0.1, -0.05) is 54.0 Å². The number of para-hydroxylation sites is 1. The summed E-state index contributed by atoms with van der Waals surface area (Å²) in [6, 6.07) is 24.9. The molecule has 0 bridgehead atoms. The average molecular weight is 641 g/mol. The Morgan fingerprint density at radius 2 is 1.72 bits per heavy atom. The van der Waals surface area contributed by atoms with Gasteiger partial charge in [0.15, 0.2) is 17.3 Å².